The Morgan fingerprint density at radius 1 is 1.00 bits per heavy atom. The first-order valence-electron chi connectivity index (χ1n) is 7.37. The fraction of sp³-hybridized carbons (Fsp3) is 0.167. The monoisotopic (exact) mass is 310 g/mol. The fourth-order valence-corrected chi connectivity index (χ4v) is 3.52. The summed E-state index contributed by atoms with van der Waals surface area (Å²) >= 11 is 1.64. The highest BCUT2D eigenvalue weighted by atomic mass is 32.1. The maximum Gasteiger partial charge on any atom is 0.190 e. The van der Waals surface area contributed by atoms with Crippen LogP contribution in [-0.2, 0) is 0 Å². The lowest BCUT2D eigenvalue weighted by atomic mass is 10.1. The van der Waals surface area contributed by atoms with Gasteiger partial charge in [0.25, 0.3) is 0 Å². The van der Waals surface area contributed by atoms with E-state index < -0.39 is 0 Å². The molecule has 0 radical (unpaired) electrons. The van der Waals surface area contributed by atoms with Gasteiger partial charge in [-0.3, -0.25) is 0 Å². The average molecular weight is 310 g/mol. The molecule has 4 heteroatoms. The number of aromatic nitrogens is 1. The number of nitrogens with zero attached hydrogens (tertiary/aromatic N) is 2. The lowest BCUT2D eigenvalue weighted by Crippen LogP contribution is -2.14. The molecule has 1 heterocycles. The van der Waals surface area contributed by atoms with Gasteiger partial charge in [0, 0.05) is 11.4 Å². The first kappa shape index (κ1) is 13.5. The molecule has 1 aliphatic rings. The van der Waals surface area contributed by atoms with E-state index in [9.17, 15) is 4.39 Å². The average Bonchev–Trinajstić information content (AvgIpc) is 3.30. The van der Waals surface area contributed by atoms with Crippen molar-refractivity contribution in [3.63, 3.8) is 0 Å². The van der Waals surface area contributed by atoms with Gasteiger partial charge in [-0.25, -0.2) is 9.38 Å². The van der Waals surface area contributed by atoms with Crippen LogP contribution in [0.5, 0.6) is 0 Å². The zero-order valence-electron chi connectivity index (χ0n) is 11.9. The third-order valence-corrected chi connectivity index (χ3v) is 4.61. The highest BCUT2D eigenvalue weighted by Gasteiger charge is 2.27. The number of thiazole rings is 1. The number of para-hydroxylation sites is 1. The van der Waals surface area contributed by atoms with E-state index >= 15 is 0 Å². The predicted octanol–water partition coefficient (Wildman–Crippen LogP) is 4.92. The number of benzene rings is 2. The summed E-state index contributed by atoms with van der Waals surface area (Å²) in [6.07, 6.45) is 2.37. The smallest absolute Gasteiger partial charge is 0.190 e. The van der Waals surface area contributed by atoms with Crippen LogP contribution in [0.4, 0.5) is 10.1 Å². The van der Waals surface area contributed by atoms with Crippen molar-refractivity contribution in [2.75, 3.05) is 0 Å². The Labute approximate surface area is 132 Å². The maximum absolute atomic E-state index is 13.1. The van der Waals surface area contributed by atoms with E-state index in [1.807, 2.05) is 42.5 Å². The molecule has 0 atom stereocenters. The molecule has 1 fully saturated rings. The summed E-state index contributed by atoms with van der Waals surface area (Å²) in [6, 6.07) is 17.2. The molecule has 4 rings (SSSR count). The minimum atomic E-state index is -0.203. The first-order chi connectivity index (χ1) is 10.8. The molecule has 22 heavy (non-hydrogen) atoms. The molecule has 0 bridgehead atoms. The molecule has 3 aromatic rings. The van der Waals surface area contributed by atoms with Crippen molar-refractivity contribution in [3.05, 3.63) is 70.6 Å². The van der Waals surface area contributed by atoms with Crippen molar-refractivity contribution in [1.82, 2.24) is 4.57 Å². The van der Waals surface area contributed by atoms with E-state index in [1.54, 1.807) is 11.3 Å². The Hall–Kier alpha value is -2.20. The van der Waals surface area contributed by atoms with Gasteiger partial charge in [0.1, 0.15) is 5.82 Å². The van der Waals surface area contributed by atoms with Gasteiger partial charge in [0.2, 0.25) is 0 Å². The second-order valence-corrected chi connectivity index (χ2v) is 6.30. The van der Waals surface area contributed by atoms with Gasteiger partial charge in [-0.1, -0.05) is 18.2 Å². The molecule has 0 spiro atoms. The number of halogens is 1. The predicted molar refractivity (Wildman–Crippen MR) is 87.6 cm³/mol. The van der Waals surface area contributed by atoms with Crippen LogP contribution in [0.2, 0.25) is 0 Å². The number of hydrogen-bond acceptors (Lipinski definition) is 2. The van der Waals surface area contributed by atoms with E-state index in [0.29, 0.717) is 6.04 Å². The second kappa shape index (κ2) is 5.54. The Kier molecular flexibility index (Phi) is 3.39. The molecule has 0 saturated heterocycles. The third-order valence-electron chi connectivity index (χ3n) is 3.77. The molecular weight excluding hydrogens is 295 g/mol. The Bertz CT molecular complexity index is 843. The standard InChI is InChI=1S/C18H15FN2S/c19-14-8-6-13(7-9-14)17-12-22-18(21(17)16-10-11-16)20-15-4-2-1-3-5-15/h1-9,12,16H,10-11H2. The zero-order valence-corrected chi connectivity index (χ0v) is 12.8. The summed E-state index contributed by atoms with van der Waals surface area (Å²) in [7, 11) is 0. The highest BCUT2D eigenvalue weighted by Crippen LogP contribution is 2.38. The molecule has 0 amide bonds. The summed E-state index contributed by atoms with van der Waals surface area (Å²) in [5, 5.41) is 2.12. The van der Waals surface area contributed by atoms with Gasteiger partial charge in [-0.05, 0) is 54.8 Å². The largest absolute Gasteiger partial charge is 0.313 e. The fourth-order valence-electron chi connectivity index (χ4n) is 2.53. The highest BCUT2D eigenvalue weighted by molar-refractivity contribution is 7.07. The van der Waals surface area contributed by atoms with Crippen LogP contribution in [0.15, 0.2) is 65.0 Å². The van der Waals surface area contributed by atoms with Gasteiger partial charge in [0.05, 0.1) is 11.4 Å². The SMILES string of the molecule is Fc1ccc(-c2csc(=Nc3ccccc3)n2C2CC2)cc1. The summed E-state index contributed by atoms with van der Waals surface area (Å²) in [6.45, 7) is 0. The van der Waals surface area contributed by atoms with Crippen molar-refractivity contribution in [3.8, 4) is 11.3 Å². The lowest BCUT2D eigenvalue weighted by Gasteiger charge is -2.07. The van der Waals surface area contributed by atoms with E-state index in [-0.39, 0.29) is 5.82 Å². The van der Waals surface area contributed by atoms with Crippen LogP contribution in [0.1, 0.15) is 18.9 Å². The summed E-state index contributed by atoms with van der Waals surface area (Å²) in [5.41, 5.74) is 3.13. The van der Waals surface area contributed by atoms with Crippen molar-refractivity contribution in [2.24, 2.45) is 4.99 Å². The zero-order chi connectivity index (χ0) is 14.9. The summed E-state index contributed by atoms with van der Waals surface area (Å²) in [4.78, 5) is 5.78. The molecule has 110 valence electrons. The molecule has 1 aliphatic carbocycles. The Morgan fingerprint density at radius 2 is 1.73 bits per heavy atom. The van der Waals surface area contributed by atoms with Crippen molar-refractivity contribution < 1.29 is 4.39 Å². The number of rotatable bonds is 3. The van der Waals surface area contributed by atoms with Gasteiger partial charge in [-0.15, -0.1) is 11.3 Å². The third kappa shape index (κ3) is 2.62. The minimum absolute atomic E-state index is 0.203. The van der Waals surface area contributed by atoms with Crippen LogP contribution < -0.4 is 4.80 Å². The molecule has 2 nitrogen and oxygen atoms in total. The molecular formula is C18H15FN2S. The molecule has 0 N–H and O–H groups in total. The van der Waals surface area contributed by atoms with Crippen LogP contribution in [0.25, 0.3) is 11.3 Å². The van der Waals surface area contributed by atoms with Crippen molar-refractivity contribution in [2.45, 2.75) is 18.9 Å². The summed E-state index contributed by atoms with van der Waals surface area (Å²) < 4.78 is 15.4. The molecule has 2 aromatic carbocycles. The van der Waals surface area contributed by atoms with Crippen LogP contribution in [-0.4, -0.2) is 4.57 Å². The molecule has 1 saturated carbocycles. The minimum Gasteiger partial charge on any atom is -0.313 e. The van der Waals surface area contributed by atoms with E-state index in [1.165, 1.54) is 25.0 Å². The number of hydrogen-bond donors (Lipinski definition) is 0. The lowest BCUT2D eigenvalue weighted by molar-refractivity contribution is 0.628. The second-order valence-electron chi connectivity index (χ2n) is 5.46. The van der Waals surface area contributed by atoms with E-state index in [2.05, 4.69) is 9.95 Å². The van der Waals surface area contributed by atoms with Crippen LogP contribution in [0, 0.1) is 5.82 Å². The van der Waals surface area contributed by atoms with Gasteiger partial charge >= 0.3 is 0 Å². The van der Waals surface area contributed by atoms with Crippen molar-refractivity contribution >= 4 is 17.0 Å². The van der Waals surface area contributed by atoms with Gasteiger partial charge < -0.3 is 4.57 Å². The van der Waals surface area contributed by atoms with Crippen LogP contribution >= 0.6 is 11.3 Å². The van der Waals surface area contributed by atoms with Crippen molar-refractivity contribution in [1.29, 1.82) is 0 Å². The molecule has 1 aromatic heterocycles. The summed E-state index contributed by atoms with van der Waals surface area (Å²) in [5.74, 6) is -0.203. The maximum atomic E-state index is 13.1. The van der Waals surface area contributed by atoms with Crippen LogP contribution in [0.3, 0.4) is 0 Å². The Morgan fingerprint density at radius 3 is 2.41 bits per heavy atom. The van der Waals surface area contributed by atoms with Gasteiger partial charge in [-0.2, -0.15) is 0 Å². The molecule has 0 unspecified atom stereocenters. The molecule has 0 aliphatic heterocycles. The first-order valence-corrected chi connectivity index (χ1v) is 8.25. The Balaban J connectivity index is 1.84. The van der Waals surface area contributed by atoms with E-state index in [0.717, 1.165) is 21.7 Å². The van der Waals surface area contributed by atoms with Gasteiger partial charge in [0.15, 0.2) is 4.80 Å². The quantitative estimate of drug-likeness (QED) is 0.653. The topological polar surface area (TPSA) is 17.3 Å². The van der Waals surface area contributed by atoms with E-state index in [4.69, 9.17) is 4.99 Å². The normalized spacial score (nSPS) is 15.2.